The molecule has 1 spiro atoms. The number of allylic oxidation sites excluding steroid dienone is 2. The van der Waals surface area contributed by atoms with Crippen LogP contribution in [0.4, 0.5) is 0 Å². The lowest BCUT2D eigenvalue weighted by atomic mass is 9.87. The second-order valence-electron chi connectivity index (χ2n) is 12.5. The standard InChI is InChI=1S/C32H49N3O8/c1-20(8-11-27-21(2)16-26(23(4)42-27)34-29(37)13-10-22(3)41-24(5)36)9-12-28-31(39)32(19-40-32)18-25(43-28)17-30(38)35-15-7-6-14-33-35/h8-10,12-13,21-23,25-28,31,33,39H,6-7,11,14-19H2,1-5H3,(H,34,37)/b12-9+,13-10-,20-8+/t21-,22?,23+,25+,26+,27-,28+,31+,32+/m0/s1. The van der Waals surface area contributed by atoms with Crippen molar-refractivity contribution in [1.29, 1.82) is 0 Å². The van der Waals surface area contributed by atoms with Crippen LogP contribution in [0.5, 0.6) is 0 Å². The molecule has 4 saturated heterocycles. The van der Waals surface area contributed by atoms with Gasteiger partial charge in [-0.05, 0) is 58.4 Å². The zero-order valence-electron chi connectivity index (χ0n) is 26.1. The van der Waals surface area contributed by atoms with Crippen molar-refractivity contribution < 1.29 is 38.4 Å². The van der Waals surface area contributed by atoms with Crippen molar-refractivity contribution in [3.8, 4) is 0 Å². The molecule has 0 radical (unpaired) electrons. The Labute approximate surface area is 255 Å². The van der Waals surface area contributed by atoms with E-state index in [0.29, 0.717) is 26.0 Å². The van der Waals surface area contributed by atoms with Gasteiger partial charge in [-0.15, -0.1) is 0 Å². The quantitative estimate of drug-likeness (QED) is 0.149. The smallest absolute Gasteiger partial charge is 0.303 e. The Hall–Kier alpha value is -2.57. The Morgan fingerprint density at radius 2 is 1.95 bits per heavy atom. The van der Waals surface area contributed by atoms with Crippen molar-refractivity contribution in [1.82, 2.24) is 15.8 Å². The molecule has 2 amide bonds. The molecule has 0 aromatic rings. The van der Waals surface area contributed by atoms with Gasteiger partial charge in [-0.2, -0.15) is 0 Å². The van der Waals surface area contributed by atoms with Crippen LogP contribution in [0.25, 0.3) is 0 Å². The first kappa shape index (κ1) is 33.3. The van der Waals surface area contributed by atoms with Crippen molar-refractivity contribution >= 4 is 17.8 Å². The highest BCUT2D eigenvalue weighted by atomic mass is 16.6. The fourth-order valence-electron chi connectivity index (χ4n) is 6.09. The molecule has 0 saturated carbocycles. The van der Waals surface area contributed by atoms with Gasteiger partial charge in [0.1, 0.15) is 23.9 Å². The van der Waals surface area contributed by atoms with Gasteiger partial charge >= 0.3 is 5.97 Å². The number of nitrogens with zero attached hydrogens (tertiary/aromatic N) is 1. The molecule has 1 unspecified atom stereocenters. The number of esters is 1. The second-order valence-corrected chi connectivity index (χ2v) is 12.5. The maximum Gasteiger partial charge on any atom is 0.303 e. The fraction of sp³-hybridized carbons (Fsp3) is 0.719. The summed E-state index contributed by atoms with van der Waals surface area (Å²) in [7, 11) is 0. The molecule has 4 aliphatic rings. The van der Waals surface area contributed by atoms with E-state index < -0.39 is 29.9 Å². The van der Waals surface area contributed by atoms with Crippen molar-refractivity contribution in [2.45, 2.75) is 121 Å². The number of carbonyl (C=O) groups is 3. The number of epoxide rings is 1. The number of nitrogens with one attached hydrogen (secondary N) is 2. The largest absolute Gasteiger partial charge is 0.459 e. The fourth-order valence-corrected chi connectivity index (χ4v) is 6.09. The predicted molar refractivity (Wildman–Crippen MR) is 159 cm³/mol. The van der Waals surface area contributed by atoms with E-state index in [1.165, 1.54) is 13.0 Å². The van der Waals surface area contributed by atoms with Crippen LogP contribution in [0.3, 0.4) is 0 Å². The van der Waals surface area contributed by atoms with Gasteiger partial charge in [0.2, 0.25) is 11.8 Å². The van der Waals surface area contributed by atoms with E-state index in [2.05, 4.69) is 23.7 Å². The van der Waals surface area contributed by atoms with E-state index >= 15 is 0 Å². The second kappa shape index (κ2) is 14.9. The highest BCUT2D eigenvalue weighted by Gasteiger charge is 2.58. The molecule has 0 aromatic carbocycles. The van der Waals surface area contributed by atoms with Crippen molar-refractivity contribution in [3.05, 3.63) is 36.0 Å². The Morgan fingerprint density at radius 1 is 1.19 bits per heavy atom. The topological polar surface area (TPSA) is 139 Å². The van der Waals surface area contributed by atoms with E-state index in [1.54, 1.807) is 18.0 Å². The first-order valence-corrected chi connectivity index (χ1v) is 15.6. The lowest BCUT2D eigenvalue weighted by Gasteiger charge is -2.39. The maximum atomic E-state index is 12.8. The lowest BCUT2D eigenvalue weighted by molar-refractivity contribution is -0.154. The first-order chi connectivity index (χ1) is 20.5. The summed E-state index contributed by atoms with van der Waals surface area (Å²) in [6.07, 6.45) is 10.9. The highest BCUT2D eigenvalue weighted by Crippen LogP contribution is 2.43. The van der Waals surface area contributed by atoms with E-state index in [9.17, 15) is 19.5 Å². The van der Waals surface area contributed by atoms with Crippen LogP contribution >= 0.6 is 0 Å². The summed E-state index contributed by atoms with van der Waals surface area (Å²) in [6.45, 7) is 11.1. The summed E-state index contributed by atoms with van der Waals surface area (Å²) in [5.41, 5.74) is 3.54. The van der Waals surface area contributed by atoms with Crippen LogP contribution < -0.4 is 10.7 Å². The molecule has 0 aliphatic carbocycles. The molecule has 4 aliphatic heterocycles. The summed E-state index contributed by atoms with van der Waals surface area (Å²) < 4.78 is 23.2. The van der Waals surface area contributed by atoms with Crippen molar-refractivity contribution in [2.75, 3.05) is 19.7 Å². The normalized spacial score (nSPS) is 35.7. The molecule has 11 nitrogen and oxygen atoms in total. The molecule has 4 rings (SSSR count). The number of amides is 2. The highest BCUT2D eigenvalue weighted by molar-refractivity contribution is 5.87. The van der Waals surface area contributed by atoms with Gasteiger partial charge in [-0.3, -0.25) is 19.4 Å². The minimum Gasteiger partial charge on any atom is -0.459 e. The summed E-state index contributed by atoms with van der Waals surface area (Å²) in [4.78, 5) is 36.2. The first-order valence-electron chi connectivity index (χ1n) is 15.6. The van der Waals surface area contributed by atoms with Crippen molar-refractivity contribution in [3.63, 3.8) is 0 Å². The summed E-state index contributed by atoms with van der Waals surface area (Å²) in [6, 6.07) is -0.121. The summed E-state index contributed by atoms with van der Waals surface area (Å²) >= 11 is 0. The predicted octanol–water partition coefficient (Wildman–Crippen LogP) is 2.49. The molecule has 4 fully saturated rings. The SMILES string of the molecule is CC(=O)OC(C)/C=C\C(=O)N[C@@H]1C[C@H](C)[C@H](C/C=C(C)/C=C/[C@H]2O[C@H](CC(=O)N3CCCCN3)C[C@@]3(CO3)[C@@H]2O)O[C@@H]1C. The monoisotopic (exact) mass is 603 g/mol. The summed E-state index contributed by atoms with van der Waals surface area (Å²) in [5, 5.41) is 15.6. The third-order valence-electron chi connectivity index (χ3n) is 8.74. The zero-order chi connectivity index (χ0) is 31.1. The third kappa shape index (κ3) is 9.46. The van der Waals surface area contributed by atoms with Crippen LogP contribution in [0.2, 0.25) is 0 Å². The van der Waals surface area contributed by atoms with Gasteiger partial charge < -0.3 is 29.4 Å². The molecule has 9 atom stereocenters. The van der Waals surface area contributed by atoms with Crippen LogP contribution in [0.15, 0.2) is 36.0 Å². The minimum absolute atomic E-state index is 0.00415. The number of aliphatic hydroxyl groups excluding tert-OH is 1. The number of hydrazine groups is 1. The van der Waals surface area contributed by atoms with E-state index in [0.717, 1.165) is 31.4 Å². The van der Waals surface area contributed by atoms with Gasteiger partial charge in [-0.25, -0.2) is 5.43 Å². The van der Waals surface area contributed by atoms with Crippen LogP contribution in [-0.4, -0.2) is 95.9 Å². The number of hydrogen-bond acceptors (Lipinski definition) is 9. The third-order valence-corrected chi connectivity index (χ3v) is 8.74. The molecule has 0 aromatic heterocycles. The Balaban J connectivity index is 1.26. The Morgan fingerprint density at radius 3 is 2.63 bits per heavy atom. The van der Waals surface area contributed by atoms with Gasteiger partial charge in [0, 0.05) is 32.5 Å². The van der Waals surface area contributed by atoms with E-state index in [4.69, 9.17) is 18.9 Å². The van der Waals surface area contributed by atoms with Crippen LogP contribution in [0.1, 0.15) is 73.1 Å². The maximum absolute atomic E-state index is 12.8. The molecule has 3 N–H and O–H groups in total. The molecule has 240 valence electrons. The number of ether oxygens (including phenoxy) is 4. The lowest BCUT2D eigenvalue weighted by Crippen LogP contribution is -2.52. The number of hydrogen-bond donors (Lipinski definition) is 3. The average molecular weight is 604 g/mol. The summed E-state index contributed by atoms with van der Waals surface area (Å²) in [5.74, 6) is -0.401. The van der Waals surface area contributed by atoms with E-state index in [-0.39, 0.29) is 48.5 Å². The Bertz CT molecular complexity index is 1080. The number of rotatable bonds is 10. The molecule has 11 heteroatoms. The van der Waals surface area contributed by atoms with Gasteiger partial charge in [0.05, 0.1) is 37.4 Å². The molecule has 4 heterocycles. The molecule has 43 heavy (non-hydrogen) atoms. The molecule has 0 bridgehead atoms. The van der Waals surface area contributed by atoms with E-state index in [1.807, 2.05) is 26.0 Å². The van der Waals surface area contributed by atoms with Crippen molar-refractivity contribution in [2.24, 2.45) is 5.92 Å². The van der Waals surface area contributed by atoms with Crippen LogP contribution in [0, 0.1) is 5.92 Å². The molecular weight excluding hydrogens is 554 g/mol. The molecular formula is C32H49N3O8. The Kier molecular flexibility index (Phi) is 11.6. The van der Waals surface area contributed by atoms with Gasteiger partial charge in [-0.1, -0.05) is 30.7 Å². The minimum atomic E-state index is -0.787. The van der Waals surface area contributed by atoms with Gasteiger partial charge in [0.25, 0.3) is 0 Å². The average Bonchev–Trinajstić information content (AvgIpc) is 3.74. The van der Waals surface area contributed by atoms with Crippen LogP contribution in [-0.2, 0) is 33.3 Å². The number of carbonyl (C=O) groups excluding carboxylic acids is 3. The zero-order valence-corrected chi connectivity index (χ0v) is 26.1. The van der Waals surface area contributed by atoms with Gasteiger partial charge in [0.15, 0.2) is 0 Å². The number of aliphatic hydroxyl groups is 1.